The van der Waals surface area contributed by atoms with Gasteiger partial charge in [0.2, 0.25) is 0 Å². The number of unbranched alkanes of at least 4 members (excludes halogenated alkanes) is 2. The molecular weight excluding hydrogens is 248 g/mol. The number of piperazine rings is 1. The Kier molecular flexibility index (Phi) is 8.74. The van der Waals surface area contributed by atoms with Crippen molar-refractivity contribution < 1.29 is 5.11 Å². The van der Waals surface area contributed by atoms with Crippen molar-refractivity contribution in [2.75, 3.05) is 32.7 Å². The van der Waals surface area contributed by atoms with Gasteiger partial charge in [-0.2, -0.15) is 0 Å². The molecule has 1 saturated heterocycles. The molecule has 0 aliphatic carbocycles. The number of hydrogen-bond acceptors (Lipinski definition) is 3. The molecule has 0 amide bonds. The van der Waals surface area contributed by atoms with Crippen molar-refractivity contribution in [1.29, 1.82) is 0 Å². The Bertz CT molecular complexity index is 232. The van der Waals surface area contributed by atoms with Crippen LogP contribution in [0.5, 0.6) is 0 Å². The van der Waals surface area contributed by atoms with Crippen LogP contribution in [0.4, 0.5) is 0 Å². The summed E-state index contributed by atoms with van der Waals surface area (Å²) in [6, 6.07) is 0. The van der Waals surface area contributed by atoms with E-state index in [9.17, 15) is 5.11 Å². The fourth-order valence-electron chi connectivity index (χ4n) is 2.84. The number of hydrogen-bond donors (Lipinski definition) is 2. The van der Waals surface area contributed by atoms with Gasteiger partial charge in [-0.1, -0.05) is 40.0 Å². The van der Waals surface area contributed by atoms with Gasteiger partial charge in [-0.25, -0.2) is 0 Å². The van der Waals surface area contributed by atoms with Crippen molar-refractivity contribution in [3.8, 4) is 0 Å². The molecule has 0 aromatic carbocycles. The molecule has 0 aromatic heterocycles. The Morgan fingerprint density at radius 2 is 1.65 bits per heavy atom. The summed E-state index contributed by atoms with van der Waals surface area (Å²) in [6.07, 6.45) is 8.01. The van der Waals surface area contributed by atoms with Crippen molar-refractivity contribution in [1.82, 2.24) is 10.2 Å². The van der Waals surface area contributed by atoms with E-state index in [1.165, 1.54) is 45.3 Å². The second kappa shape index (κ2) is 9.75. The van der Waals surface area contributed by atoms with Crippen LogP contribution in [0.15, 0.2) is 0 Å². The highest BCUT2D eigenvalue weighted by atomic mass is 16.3. The lowest BCUT2D eigenvalue weighted by Gasteiger charge is -2.27. The molecule has 2 N–H and O–H groups in total. The normalized spacial score (nSPS) is 19.2. The zero-order valence-electron chi connectivity index (χ0n) is 14.0. The lowest BCUT2D eigenvalue weighted by molar-refractivity contribution is 0.142. The molecule has 120 valence electrons. The third kappa shape index (κ3) is 9.73. The van der Waals surface area contributed by atoms with E-state index in [1.807, 2.05) is 0 Å². The molecule has 20 heavy (non-hydrogen) atoms. The topological polar surface area (TPSA) is 35.5 Å². The van der Waals surface area contributed by atoms with E-state index in [4.69, 9.17) is 0 Å². The van der Waals surface area contributed by atoms with Crippen LogP contribution >= 0.6 is 0 Å². The minimum absolute atomic E-state index is 0.0727. The van der Waals surface area contributed by atoms with Gasteiger partial charge in [0.15, 0.2) is 0 Å². The molecule has 0 aromatic rings. The van der Waals surface area contributed by atoms with Gasteiger partial charge >= 0.3 is 0 Å². The maximum absolute atomic E-state index is 9.98. The molecule has 1 rings (SSSR count). The summed E-state index contributed by atoms with van der Waals surface area (Å²) in [4.78, 5) is 2.55. The molecular formula is C17H36N2O. The van der Waals surface area contributed by atoms with Gasteiger partial charge in [0.1, 0.15) is 0 Å². The van der Waals surface area contributed by atoms with Crippen LogP contribution in [0, 0.1) is 5.41 Å². The third-order valence-corrected chi connectivity index (χ3v) is 4.19. The molecule has 1 aliphatic rings. The van der Waals surface area contributed by atoms with Gasteiger partial charge in [0.05, 0.1) is 6.10 Å². The monoisotopic (exact) mass is 284 g/mol. The molecule has 0 unspecified atom stereocenters. The summed E-state index contributed by atoms with van der Waals surface area (Å²) in [5, 5.41) is 13.4. The van der Waals surface area contributed by atoms with Gasteiger partial charge in [-0.3, -0.25) is 0 Å². The van der Waals surface area contributed by atoms with Crippen LogP contribution in [0.1, 0.15) is 65.7 Å². The summed E-state index contributed by atoms with van der Waals surface area (Å²) in [5.41, 5.74) is 0.406. The number of aliphatic hydroxyl groups excluding tert-OH is 1. The summed E-state index contributed by atoms with van der Waals surface area (Å²) in [7, 11) is 0. The lowest BCUT2D eigenvalue weighted by atomic mass is 9.89. The van der Waals surface area contributed by atoms with E-state index in [-0.39, 0.29) is 6.10 Å². The summed E-state index contributed by atoms with van der Waals surface area (Å²) in [6.45, 7) is 12.8. The predicted molar refractivity (Wildman–Crippen MR) is 87.1 cm³/mol. The number of nitrogens with zero attached hydrogens (tertiary/aromatic N) is 1. The first-order valence-corrected chi connectivity index (χ1v) is 8.58. The quantitative estimate of drug-likeness (QED) is 0.639. The van der Waals surface area contributed by atoms with Crippen molar-refractivity contribution in [3.63, 3.8) is 0 Å². The zero-order valence-corrected chi connectivity index (χ0v) is 14.0. The number of aliphatic hydroxyl groups is 1. The second-order valence-corrected chi connectivity index (χ2v) is 7.55. The first-order valence-electron chi connectivity index (χ1n) is 8.58. The van der Waals surface area contributed by atoms with Crippen LogP contribution in [-0.2, 0) is 0 Å². The van der Waals surface area contributed by atoms with Crippen LogP contribution in [0.25, 0.3) is 0 Å². The van der Waals surface area contributed by atoms with Crippen LogP contribution < -0.4 is 5.32 Å². The van der Waals surface area contributed by atoms with Gasteiger partial charge in [0, 0.05) is 26.2 Å². The summed E-state index contributed by atoms with van der Waals surface area (Å²) < 4.78 is 0. The Morgan fingerprint density at radius 1 is 1.00 bits per heavy atom. The van der Waals surface area contributed by atoms with Crippen molar-refractivity contribution >= 4 is 0 Å². The molecule has 1 atom stereocenters. The zero-order chi connectivity index (χ0) is 14.8. The molecule has 3 nitrogen and oxygen atoms in total. The van der Waals surface area contributed by atoms with Crippen molar-refractivity contribution in [2.24, 2.45) is 5.41 Å². The van der Waals surface area contributed by atoms with E-state index in [1.54, 1.807) is 0 Å². The molecule has 0 radical (unpaired) electrons. The molecule has 0 saturated carbocycles. The molecule has 1 aliphatic heterocycles. The smallest absolute Gasteiger partial charge is 0.0540 e. The van der Waals surface area contributed by atoms with Crippen molar-refractivity contribution in [3.05, 3.63) is 0 Å². The number of rotatable bonds is 9. The summed E-state index contributed by atoms with van der Waals surface area (Å²) >= 11 is 0. The molecule has 1 fully saturated rings. The standard InChI is InChI=1S/C17H36N2O/c1-17(2,3)10-7-9-16(20)8-5-4-6-13-19-14-11-18-12-15-19/h16,18,20H,4-15H2,1-3H3/t16-/m1/s1. The van der Waals surface area contributed by atoms with Gasteiger partial charge in [0.25, 0.3) is 0 Å². The fraction of sp³-hybridized carbons (Fsp3) is 1.00. The lowest BCUT2D eigenvalue weighted by Crippen LogP contribution is -2.43. The first kappa shape index (κ1) is 17.9. The Labute approximate surface area is 126 Å². The highest BCUT2D eigenvalue weighted by molar-refractivity contribution is 4.68. The van der Waals surface area contributed by atoms with E-state index < -0.39 is 0 Å². The largest absolute Gasteiger partial charge is 0.393 e. The van der Waals surface area contributed by atoms with Crippen LogP contribution in [0.2, 0.25) is 0 Å². The molecule has 1 heterocycles. The maximum atomic E-state index is 9.98. The minimum atomic E-state index is -0.0727. The average molecular weight is 284 g/mol. The van der Waals surface area contributed by atoms with E-state index in [2.05, 4.69) is 31.0 Å². The highest BCUT2D eigenvalue weighted by Crippen LogP contribution is 2.22. The van der Waals surface area contributed by atoms with E-state index in [0.29, 0.717) is 5.41 Å². The minimum Gasteiger partial charge on any atom is -0.393 e. The Balaban J connectivity index is 1.89. The SMILES string of the molecule is CC(C)(C)CCC[C@H](O)CCCCCN1CCNCC1. The summed E-state index contributed by atoms with van der Waals surface area (Å²) in [5.74, 6) is 0. The average Bonchev–Trinajstić information content (AvgIpc) is 2.38. The van der Waals surface area contributed by atoms with Gasteiger partial charge < -0.3 is 15.3 Å². The Morgan fingerprint density at radius 3 is 2.30 bits per heavy atom. The maximum Gasteiger partial charge on any atom is 0.0540 e. The second-order valence-electron chi connectivity index (χ2n) is 7.55. The van der Waals surface area contributed by atoms with Crippen molar-refractivity contribution in [2.45, 2.75) is 71.8 Å². The Hall–Kier alpha value is -0.120. The molecule has 0 bridgehead atoms. The van der Waals surface area contributed by atoms with E-state index in [0.717, 1.165) is 32.4 Å². The number of nitrogens with one attached hydrogen (secondary N) is 1. The van der Waals surface area contributed by atoms with Gasteiger partial charge in [-0.15, -0.1) is 0 Å². The predicted octanol–water partition coefficient (Wildman–Crippen LogP) is 3.03. The molecule has 3 heteroatoms. The third-order valence-electron chi connectivity index (χ3n) is 4.19. The van der Waals surface area contributed by atoms with Crippen LogP contribution in [0.3, 0.4) is 0 Å². The van der Waals surface area contributed by atoms with Crippen LogP contribution in [-0.4, -0.2) is 48.8 Å². The highest BCUT2D eigenvalue weighted by Gasteiger charge is 2.12. The fourth-order valence-corrected chi connectivity index (χ4v) is 2.84. The van der Waals surface area contributed by atoms with Gasteiger partial charge in [-0.05, 0) is 37.6 Å². The first-order chi connectivity index (χ1) is 9.47. The van der Waals surface area contributed by atoms with E-state index >= 15 is 0 Å². The molecule has 0 spiro atoms.